The van der Waals surface area contributed by atoms with Crippen LogP contribution in [-0.2, 0) is 4.79 Å². The van der Waals surface area contributed by atoms with Crippen LogP contribution < -0.4 is 0 Å². The predicted octanol–water partition coefficient (Wildman–Crippen LogP) is 2.52. The minimum atomic E-state index is 0.0723. The monoisotopic (exact) mass is 282 g/mol. The van der Waals surface area contributed by atoms with Crippen molar-refractivity contribution in [3.63, 3.8) is 0 Å². The van der Waals surface area contributed by atoms with Crippen molar-refractivity contribution >= 4 is 17.2 Å². The Kier molecular flexibility index (Phi) is 2.84. The minimum absolute atomic E-state index is 0.0723. The van der Waals surface area contributed by atoms with E-state index in [-0.39, 0.29) is 11.9 Å². The first-order valence-electron chi connectivity index (χ1n) is 7.62. The third-order valence-corrected chi connectivity index (χ3v) is 4.65. The SMILES string of the molecule is O=C1CCN(C(=O)c2cc3ccccn3c2)C(C2CC2)C1. The summed E-state index contributed by atoms with van der Waals surface area (Å²) < 4.78 is 1.97. The number of rotatable bonds is 2. The van der Waals surface area contributed by atoms with Crippen molar-refractivity contribution in [1.29, 1.82) is 0 Å². The second-order valence-corrected chi connectivity index (χ2v) is 6.16. The lowest BCUT2D eigenvalue weighted by Gasteiger charge is -2.35. The number of ketones is 1. The Labute approximate surface area is 123 Å². The molecule has 0 N–H and O–H groups in total. The standard InChI is InChI=1S/C17H18N2O2/c20-15-6-8-19(16(10-15)12-4-5-12)17(21)13-9-14-3-1-2-7-18(14)11-13/h1-3,7,9,11-12,16H,4-6,8,10H2. The van der Waals surface area contributed by atoms with Gasteiger partial charge in [0, 0.05) is 43.3 Å². The van der Waals surface area contributed by atoms with Gasteiger partial charge in [-0.05, 0) is 37.0 Å². The first-order chi connectivity index (χ1) is 10.2. The highest BCUT2D eigenvalue weighted by molar-refractivity contribution is 5.97. The van der Waals surface area contributed by atoms with Crippen LogP contribution in [-0.4, -0.2) is 33.6 Å². The third-order valence-electron chi connectivity index (χ3n) is 4.65. The molecule has 2 aromatic heterocycles. The van der Waals surface area contributed by atoms with Gasteiger partial charge in [0.2, 0.25) is 0 Å². The quantitative estimate of drug-likeness (QED) is 0.849. The molecule has 1 saturated carbocycles. The Morgan fingerprint density at radius 2 is 2.10 bits per heavy atom. The van der Waals surface area contributed by atoms with Crippen molar-refractivity contribution in [2.45, 2.75) is 31.7 Å². The molecule has 1 amide bonds. The maximum atomic E-state index is 12.8. The summed E-state index contributed by atoms with van der Waals surface area (Å²) in [5, 5.41) is 0. The van der Waals surface area contributed by atoms with Crippen LogP contribution >= 0.6 is 0 Å². The van der Waals surface area contributed by atoms with E-state index in [4.69, 9.17) is 0 Å². The number of likely N-dealkylation sites (tertiary alicyclic amines) is 1. The van der Waals surface area contributed by atoms with Gasteiger partial charge in [-0.1, -0.05) is 6.07 Å². The van der Waals surface area contributed by atoms with Crippen LogP contribution in [0.1, 0.15) is 36.0 Å². The molecular weight excluding hydrogens is 264 g/mol. The van der Waals surface area contributed by atoms with Crippen LogP contribution in [0.4, 0.5) is 0 Å². The maximum absolute atomic E-state index is 12.8. The van der Waals surface area contributed by atoms with Crippen molar-refractivity contribution in [2.75, 3.05) is 6.54 Å². The molecule has 2 aromatic rings. The predicted molar refractivity (Wildman–Crippen MR) is 79.2 cm³/mol. The van der Waals surface area contributed by atoms with Gasteiger partial charge in [0.25, 0.3) is 5.91 Å². The van der Waals surface area contributed by atoms with E-state index in [9.17, 15) is 9.59 Å². The summed E-state index contributed by atoms with van der Waals surface area (Å²) in [6, 6.07) is 7.98. The molecule has 4 nitrogen and oxygen atoms in total. The smallest absolute Gasteiger partial charge is 0.255 e. The van der Waals surface area contributed by atoms with Gasteiger partial charge >= 0.3 is 0 Å². The lowest BCUT2D eigenvalue weighted by atomic mass is 9.96. The molecule has 108 valence electrons. The lowest BCUT2D eigenvalue weighted by Crippen LogP contribution is -2.47. The number of Topliss-reactive ketones (excluding diaryl/α,β-unsaturated/α-hetero) is 1. The molecule has 0 aromatic carbocycles. The molecule has 21 heavy (non-hydrogen) atoms. The summed E-state index contributed by atoms with van der Waals surface area (Å²) in [6.45, 7) is 0.574. The number of carbonyl (C=O) groups is 2. The molecule has 3 heterocycles. The highest BCUT2D eigenvalue weighted by atomic mass is 16.2. The second kappa shape index (κ2) is 4.72. The van der Waals surface area contributed by atoms with E-state index in [0.717, 1.165) is 23.9 Å². The van der Waals surface area contributed by atoms with Crippen LogP contribution in [0, 0.1) is 5.92 Å². The fraction of sp³-hybridized carbons (Fsp3) is 0.412. The van der Waals surface area contributed by atoms with Crippen LogP contribution in [0.2, 0.25) is 0 Å². The molecule has 1 saturated heterocycles. The first kappa shape index (κ1) is 12.6. The summed E-state index contributed by atoms with van der Waals surface area (Å²) >= 11 is 0. The van der Waals surface area contributed by atoms with Crippen LogP contribution in [0.15, 0.2) is 36.7 Å². The number of hydrogen-bond donors (Lipinski definition) is 0. The molecule has 1 unspecified atom stereocenters. The molecule has 0 bridgehead atoms. The van der Waals surface area contributed by atoms with Crippen LogP contribution in [0.3, 0.4) is 0 Å². The number of aromatic nitrogens is 1. The summed E-state index contributed by atoms with van der Waals surface area (Å²) in [5.74, 6) is 0.913. The first-order valence-corrected chi connectivity index (χ1v) is 7.62. The zero-order valence-electron chi connectivity index (χ0n) is 11.9. The molecule has 4 rings (SSSR count). The van der Waals surface area contributed by atoms with Gasteiger partial charge in [0.05, 0.1) is 5.56 Å². The average Bonchev–Trinajstić information content (AvgIpc) is 3.25. The maximum Gasteiger partial charge on any atom is 0.255 e. The Bertz CT molecular complexity index is 681. The fourth-order valence-electron chi connectivity index (χ4n) is 3.35. The summed E-state index contributed by atoms with van der Waals surface area (Å²) in [5.41, 5.74) is 1.75. The summed E-state index contributed by atoms with van der Waals surface area (Å²) in [4.78, 5) is 26.5. The Morgan fingerprint density at radius 1 is 1.24 bits per heavy atom. The largest absolute Gasteiger partial charge is 0.334 e. The van der Waals surface area contributed by atoms with E-state index < -0.39 is 0 Å². The van der Waals surface area contributed by atoms with Crippen LogP contribution in [0.5, 0.6) is 0 Å². The van der Waals surface area contributed by atoms with E-state index in [1.807, 2.05) is 46.0 Å². The van der Waals surface area contributed by atoms with Gasteiger partial charge in [-0.15, -0.1) is 0 Å². The third kappa shape index (κ3) is 2.24. The van der Waals surface area contributed by atoms with E-state index >= 15 is 0 Å². The van der Waals surface area contributed by atoms with Crippen molar-refractivity contribution in [3.8, 4) is 0 Å². The lowest BCUT2D eigenvalue weighted by molar-refractivity contribution is -0.122. The van der Waals surface area contributed by atoms with Crippen LogP contribution in [0.25, 0.3) is 5.52 Å². The van der Waals surface area contributed by atoms with E-state index in [1.165, 1.54) is 0 Å². The number of amides is 1. The topological polar surface area (TPSA) is 41.8 Å². The molecule has 0 spiro atoms. The van der Waals surface area contributed by atoms with Gasteiger partial charge < -0.3 is 9.30 Å². The number of pyridine rings is 1. The van der Waals surface area contributed by atoms with Gasteiger partial charge in [0.1, 0.15) is 5.78 Å². The molecule has 2 fully saturated rings. The normalized spacial score (nSPS) is 22.8. The highest BCUT2D eigenvalue weighted by Crippen LogP contribution is 2.39. The number of fused-ring (bicyclic) bond motifs is 1. The van der Waals surface area contributed by atoms with E-state index in [1.54, 1.807) is 0 Å². The number of piperidine rings is 1. The Hall–Kier alpha value is -2.10. The van der Waals surface area contributed by atoms with Gasteiger partial charge in [-0.25, -0.2) is 0 Å². The summed E-state index contributed by atoms with van der Waals surface area (Å²) in [6.07, 6.45) is 7.19. The van der Waals surface area contributed by atoms with Gasteiger partial charge in [-0.3, -0.25) is 9.59 Å². The van der Waals surface area contributed by atoms with E-state index in [2.05, 4.69) is 0 Å². The number of carbonyl (C=O) groups excluding carboxylic acids is 2. The number of hydrogen-bond acceptors (Lipinski definition) is 2. The van der Waals surface area contributed by atoms with Crippen molar-refractivity contribution in [1.82, 2.24) is 9.30 Å². The molecule has 1 atom stereocenters. The van der Waals surface area contributed by atoms with Crippen molar-refractivity contribution in [2.24, 2.45) is 5.92 Å². The summed E-state index contributed by atoms with van der Waals surface area (Å²) in [7, 11) is 0. The molecule has 0 radical (unpaired) electrons. The zero-order chi connectivity index (χ0) is 14.4. The molecule has 4 heteroatoms. The minimum Gasteiger partial charge on any atom is -0.334 e. The molecular formula is C17H18N2O2. The number of nitrogens with zero attached hydrogens (tertiary/aromatic N) is 2. The molecule has 1 aliphatic heterocycles. The second-order valence-electron chi connectivity index (χ2n) is 6.16. The Morgan fingerprint density at radius 3 is 2.86 bits per heavy atom. The molecule has 1 aliphatic carbocycles. The average molecular weight is 282 g/mol. The van der Waals surface area contributed by atoms with Crippen molar-refractivity contribution < 1.29 is 9.59 Å². The molecule has 2 aliphatic rings. The van der Waals surface area contributed by atoms with E-state index in [0.29, 0.717) is 31.1 Å². The van der Waals surface area contributed by atoms with Gasteiger partial charge in [-0.2, -0.15) is 0 Å². The Balaban J connectivity index is 1.64. The highest BCUT2D eigenvalue weighted by Gasteiger charge is 2.41. The van der Waals surface area contributed by atoms with Crippen molar-refractivity contribution in [3.05, 3.63) is 42.2 Å². The fourth-order valence-corrected chi connectivity index (χ4v) is 3.35. The zero-order valence-corrected chi connectivity index (χ0v) is 11.9. The van der Waals surface area contributed by atoms with Gasteiger partial charge in [0.15, 0.2) is 0 Å².